The number of aryl methyl sites for hydroxylation is 1. The number of anilines is 2. The van der Waals surface area contributed by atoms with E-state index in [1.54, 1.807) is 0 Å². The molecule has 0 saturated heterocycles. The minimum atomic E-state index is 0.398. The Labute approximate surface area is 104 Å². The molecule has 1 fully saturated rings. The summed E-state index contributed by atoms with van der Waals surface area (Å²) in [7, 11) is 0. The summed E-state index contributed by atoms with van der Waals surface area (Å²) in [5, 5.41) is 3.69. The van der Waals surface area contributed by atoms with E-state index < -0.39 is 0 Å². The monoisotopic (exact) mass is 230 g/mol. The molecule has 0 atom stereocenters. The van der Waals surface area contributed by atoms with Crippen LogP contribution in [-0.2, 0) is 0 Å². The Kier molecular flexibility index (Phi) is 2.53. The average molecular weight is 230 g/mol. The number of fused-ring (bicyclic) bond motifs is 1. The lowest BCUT2D eigenvalue weighted by Gasteiger charge is -2.47. The summed E-state index contributed by atoms with van der Waals surface area (Å²) in [6.45, 7) is 6.74. The predicted molar refractivity (Wildman–Crippen MR) is 73.9 cm³/mol. The van der Waals surface area contributed by atoms with E-state index in [9.17, 15) is 0 Å². The van der Waals surface area contributed by atoms with Crippen molar-refractivity contribution in [2.24, 2.45) is 0 Å². The van der Waals surface area contributed by atoms with Gasteiger partial charge in [-0.05, 0) is 38.3 Å². The minimum absolute atomic E-state index is 0.398. The quantitative estimate of drug-likeness (QED) is 0.793. The Morgan fingerprint density at radius 2 is 2.06 bits per heavy atom. The van der Waals surface area contributed by atoms with E-state index in [1.807, 2.05) is 0 Å². The van der Waals surface area contributed by atoms with Crippen molar-refractivity contribution in [3.63, 3.8) is 0 Å². The number of nitrogens with one attached hydrogen (secondary N) is 1. The molecule has 1 aromatic carbocycles. The highest BCUT2D eigenvalue weighted by Gasteiger charge is 2.42. The molecule has 1 aromatic rings. The van der Waals surface area contributed by atoms with E-state index in [0.717, 1.165) is 13.1 Å². The number of hydrogen-bond acceptors (Lipinski definition) is 2. The molecule has 2 nitrogen and oxygen atoms in total. The van der Waals surface area contributed by atoms with Crippen LogP contribution < -0.4 is 10.2 Å². The fourth-order valence-electron chi connectivity index (χ4n) is 3.70. The number of rotatable bonds is 1. The lowest BCUT2D eigenvalue weighted by Crippen LogP contribution is -2.54. The van der Waals surface area contributed by atoms with Gasteiger partial charge in [0.05, 0.1) is 16.9 Å². The highest BCUT2D eigenvalue weighted by atomic mass is 15.3. The molecule has 1 spiro atoms. The first kappa shape index (κ1) is 10.9. The molecule has 0 bridgehead atoms. The molecule has 92 valence electrons. The van der Waals surface area contributed by atoms with Gasteiger partial charge >= 0.3 is 0 Å². The van der Waals surface area contributed by atoms with Crippen molar-refractivity contribution in [1.82, 2.24) is 0 Å². The second-order valence-electron chi connectivity index (χ2n) is 5.50. The van der Waals surface area contributed by atoms with Gasteiger partial charge in [-0.25, -0.2) is 0 Å². The Hall–Kier alpha value is -1.18. The van der Waals surface area contributed by atoms with Crippen LogP contribution in [0, 0.1) is 6.92 Å². The zero-order chi connectivity index (χ0) is 11.9. The summed E-state index contributed by atoms with van der Waals surface area (Å²) in [5.74, 6) is 0. The van der Waals surface area contributed by atoms with Crippen molar-refractivity contribution in [3.8, 4) is 0 Å². The number of likely N-dealkylation sites (N-methyl/N-ethyl adjacent to an activating group) is 1. The lowest BCUT2D eigenvalue weighted by molar-refractivity contribution is 0.412. The molecule has 0 aromatic heterocycles. The van der Waals surface area contributed by atoms with Crippen LogP contribution in [0.1, 0.15) is 38.2 Å². The molecule has 3 rings (SSSR count). The van der Waals surface area contributed by atoms with Crippen molar-refractivity contribution in [1.29, 1.82) is 0 Å². The van der Waals surface area contributed by atoms with Crippen molar-refractivity contribution in [2.75, 3.05) is 23.3 Å². The van der Waals surface area contributed by atoms with Crippen LogP contribution in [0.2, 0.25) is 0 Å². The smallest absolute Gasteiger partial charge is 0.0609 e. The van der Waals surface area contributed by atoms with Gasteiger partial charge in [-0.1, -0.05) is 25.0 Å². The van der Waals surface area contributed by atoms with Gasteiger partial charge in [0.2, 0.25) is 0 Å². The van der Waals surface area contributed by atoms with Crippen molar-refractivity contribution in [3.05, 3.63) is 23.8 Å². The second kappa shape index (κ2) is 3.94. The maximum absolute atomic E-state index is 3.69. The first-order valence-electron chi connectivity index (χ1n) is 6.88. The highest BCUT2D eigenvalue weighted by Crippen LogP contribution is 2.45. The van der Waals surface area contributed by atoms with Gasteiger partial charge in [0.25, 0.3) is 0 Å². The van der Waals surface area contributed by atoms with Gasteiger partial charge in [-0.2, -0.15) is 0 Å². The van der Waals surface area contributed by atoms with E-state index in [-0.39, 0.29) is 0 Å². The number of nitrogens with zero attached hydrogens (tertiary/aromatic N) is 1. The van der Waals surface area contributed by atoms with E-state index >= 15 is 0 Å². The minimum Gasteiger partial charge on any atom is -0.381 e. The zero-order valence-electron chi connectivity index (χ0n) is 10.9. The Balaban J connectivity index is 2.06. The molecule has 1 saturated carbocycles. The maximum atomic E-state index is 3.69. The normalized spacial score (nSPS) is 21.4. The molecule has 2 aliphatic rings. The van der Waals surface area contributed by atoms with E-state index in [0.29, 0.717) is 5.54 Å². The molecule has 1 N–H and O–H groups in total. The average Bonchev–Trinajstić information content (AvgIpc) is 2.78. The van der Waals surface area contributed by atoms with Gasteiger partial charge in [0.1, 0.15) is 0 Å². The van der Waals surface area contributed by atoms with E-state index in [1.165, 1.54) is 42.6 Å². The van der Waals surface area contributed by atoms with E-state index in [4.69, 9.17) is 0 Å². The van der Waals surface area contributed by atoms with Crippen LogP contribution in [0.3, 0.4) is 0 Å². The van der Waals surface area contributed by atoms with Gasteiger partial charge < -0.3 is 10.2 Å². The summed E-state index contributed by atoms with van der Waals surface area (Å²) in [5.41, 5.74) is 4.54. The largest absolute Gasteiger partial charge is 0.381 e. The van der Waals surface area contributed by atoms with Crippen LogP contribution in [0.15, 0.2) is 18.2 Å². The fraction of sp³-hybridized carbons (Fsp3) is 0.600. The molecule has 17 heavy (non-hydrogen) atoms. The summed E-state index contributed by atoms with van der Waals surface area (Å²) >= 11 is 0. The molecule has 0 amide bonds. The third kappa shape index (κ3) is 1.54. The summed E-state index contributed by atoms with van der Waals surface area (Å²) in [6, 6.07) is 6.66. The molecular formula is C15H22N2. The number of benzene rings is 1. The van der Waals surface area contributed by atoms with Crippen molar-refractivity contribution >= 4 is 11.4 Å². The third-order valence-electron chi connectivity index (χ3n) is 4.56. The first-order valence-corrected chi connectivity index (χ1v) is 6.88. The summed E-state index contributed by atoms with van der Waals surface area (Å²) in [6.07, 6.45) is 5.47. The maximum Gasteiger partial charge on any atom is 0.0609 e. The Morgan fingerprint density at radius 1 is 1.29 bits per heavy atom. The van der Waals surface area contributed by atoms with Crippen LogP contribution in [-0.4, -0.2) is 18.6 Å². The molecule has 1 aliphatic heterocycles. The molecule has 2 heteroatoms. The van der Waals surface area contributed by atoms with Gasteiger partial charge in [0, 0.05) is 13.1 Å². The zero-order valence-corrected chi connectivity index (χ0v) is 10.9. The topological polar surface area (TPSA) is 15.3 Å². The molecule has 1 aliphatic carbocycles. The van der Waals surface area contributed by atoms with Crippen LogP contribution in [0.25, 0.3) is 0 Å². The predicted octanol–water partition coefficient (Wildman–Crippen LogP) is 3.56. The van der Waals surface area contributed by atoms with Gasteiger partial charge in [0.15, 0.2) is 0 Å². The summed E-state index contributed by atoms with van der Waals surface area (Å²) in [4.78, 5) is 2.65. The lowest BCUT2D eigenvalue weighted by atomic mass is 9.90. The first-order chi connectivity index (χ1) is 8.27. The number of hydrogen-bond donors (Lipinski definition) is 1. The molecule has 1 heterocycles. The van der Waals surface area contributed by atoms with Gasteiger partial charge in [-0.15, -0.1) is 0 Å². The van der Waals surface area contributed by atoms with Gasteiger partial charge in [-0.3, -0.25) is 0 Å². The Morgan fingerprint density at radius 3 is 2.76 bits per heavy atom. The second-order valence-corrected chi connectivity index (χ2v) is 5.50. The Bertz CT molecular complexity index is 419. The van der Waals surface area contributed by atoms with Crippen molar-refractivity contribution in [2.45, 2.75) is 45.1 Å². The van der Waals surface area contributed by atoms with Crippen LogP contribution >= 0.6 is 0 Å². The van der Waals surface area contributed by atoms with Crippen LogP contribution in [0.5, 0.6) is 0 Å². The van der Waals surface area contributed by atoms with E-state index in [2.05, 4.69) is 42.3 Å². The molecule has 0 radical (unpaired) electrons. The fourth-order valence-corrected chi connectivity index (χ4v) is 3.70. The van der Waals surface area contributed by atoms with Crippen molar-refractivity contribution < 1.29 is 0 Å². The standard InChI is InChI=1S/C15H22N2/c1-3-17-13-8-6-7-12(2)14(13)16-11-15(17)9-4-5-10-15/h6-8,16H,3-5,9-11H2,1-2H3. The number of para-hydroxylation sites is 1. The summed E-state index contributed by atoms with van der Waals surface area (Å²) < 4.78 is 0. The SMILES string of the molecule is CCN1c2cccc(C)c2NCC12CCCC2. The van der Waals surface area contributed by atoms with Crippen LogP contribution in [0.4, 0.5) is 11.4 Å². The molecule has 0 unspecified atom stereocenters. The molecular weight excluding hydrogens is 208 g/mol. The third-order valence-corrected chi connectivity index (χ3v) is 4.56. The highest BCUT2D eigenvalue weighted by molar-refractivity contribution is 5.77.